The van der Waals surface area contributed by atoms with E-state index in [0.29, 0.717) is 17.7 Å². The molecule has 0 radical (unpaired) electrons. The third kappa shape index (κ3) is 4.73. The second kappa shape index (κ2) is 8.02. The minimum atomic E-state index is -0.510. The lowest BCUT2D eigenvalue weighted by atomic mass is 10.0. The van der Waals surface area contributed by atoms with Crippen molar-refractivity contribution in [3.63, 3.8) is 0 Å². The van der Waals surface area contributed by atoms with Crippen LogP contribution in [0.5, 0.6) is 0 Å². The number of ether oxygens (including phenoxy) is 1. The average Bonchev–Trinajstić information content (AvgIpc) is 2.38. The topological polar surface area (TPSA) is 21.3 Å². The molecule has 0 fully saturated rings. The molecule has 1 N–H and O–H groups in total. The van der Waals surface area contributed by atoms with Gasteiger partial charge in [0.2, 0.25) is 0 Å². The summed E-state index contributed by atoms with van der Waals surface area (Å²) in [5.74, 6) is -0.981. The van der Waals surface area contributed by atoms with E-state index in [1.807, 2.05) is 6.08 Å². The molecule has 2 nitrogen and oxygen atoms in total. The number of hydrogen-bond acceptors (Lipinski definition) is 2. The molecule has 0 saturated heterocycles. The summed E-state index contributed by atoms with van der Waals surface area (Å²) in [6, 6.07) is 2.76. The molecule has 0 aliphatic carbocycles. The Morgan fingerprint density at radius 3 is 2.74 bits per heavy atom. The van der Waals surface area contributed by atoms with E-state index in [2.05, 4.69) is 5.32 Å². The van der Waals surface area contributed by atoms with Gasteiger partial charge in [-0.2, -0.15) is 0 Å². The molecule has 19 heavy (non-hydrogen) atoms. The molecule has 4 heteroatoms. The summed E-state index contributed by atoms with van der Waals surface area (Å²) in [6.07, 6.45) is 2.57. The van der Waals surface area contributed by atoms with E-state index in [4.69, 9.17) is 4.74 Å². The molecule has 0 aromatic heterocycles. The summed E-state index contributed by atoms with van der Waals surface area (Å²) >= 11 is 0. The van der Waals surface area contributed by atoms with Crippen molar-refractivity contribution in [1.82, 2.24) is 5.32 Å². The number of allylic oxidation sites excluding steroid dienone is 1. The summed E-state index contributed by atoms with van der Waals surface area (Å²) in [7, 11) is 1.65. The monoisotopic (exact) mass is 269 g/mol. The molecule has 1 rings (SSSR count). The zero-order chi connectivity index (χ0) is 14.3. The molecule has 0 bridgehead atoms. The highest BCUT2D eigenvalue weighted by atomic mass is 19.1. The molecule has 1 aromatic rings. The van der Waals surface area contributed by atoms with Crippen molar-refractivity contribution in [3.05, 3.63) is 41.0 Å². The molecule has 0 amide bonds. The molecule has 0 heterocycles. The van der Waals surface area contributed by atoms with Gasteiger partial charge in [0.05, 0.1) is 6.61 Å². The number of rotatable bonds is 7. The fourth-order valence-electron chi connectivity index (χ4n) is 1.81. The Morgan fingerprint density at radius 2 is 2.05 bits per heavy atom. The predicted molar refractivity (Wildman–Crippen MR) is 74.1 cm³/mol. The molecule has 0 unspecified atom stereocenters. The van der Waals surface area contributed by atoms with Gasteiger partial charge in [-0.3, -0.25) is 0 Å². The first kappa shape index (κ1) is 15.8. The lowest BCUT2D eigenvalue weighted by molar-refractivity contribution is 0.199. The van der Waals surface area contributed by atoms with Crippen LogP contribution in [-0.2, 0) is 4.74 Å². The lowest BCUT2D eigenvalue weighted by Gasteiger charge is -2.08. The van der Waals surface area contributed by atoms with Crippen LogP contribution in [0, 0.1) is 18.6 Å². The molecule has 1 aromatic carbocycles. The highest BCUT2D eigenvalue weighted by molar-refractivity contribution is 5.65. The Hall–Kier alpha value is -1.26. The first-order valence-electron chi connectivity index (χ1n) is 6.39. The number of aryl methyl sites for hydroxylation is 1. The van der Waals surface area contributed by atoms with Crippen LogP contribution in [0.3, 0.4) is 0 Å². The Kier molecular flexibility index (Phi) is 6.67. The van der Waals surface area contributed by atoms with Crippen molar-refractivity contribution in [2.45, 2.75) is 20.3 Å². The quantitative estimate of drug-likeness (QED) is 0.767. The normalized spacial score (nSPS) is 11.9. The highest BCUT2D eigenvalue weighted by Crippen LogP contribution is 2.24. The smallest absolute Gasteiger partial charge is 0.136 e. The lowest BCUT2D eigenvalue weighted by Crippen LogP contribution is -2.19. The molecule has 0 atom stereocenters. The number of methoxy groups -OCH3 is 1. The first-order valence-corrected chi connectivity index (χ1v) is 6.39. The van der Waals surface area contributed by atoms with Gasteiger partial charge in [-0.05, 0) is 44.0 Å². The predicted octanol–water partition coefficient (Wildman–Crippen LogP) is 3.30. The number of halogens is 2. The third-order valence-electron chi connectivity index (χ3n) is 2.93. The Balaban J connectivity index is 2.62. The zero-order valence-electron chi connectivity index (χ0n) is 11.7. The highest BCUT2D eigenvalue weighted by Gasteiger charge is 2.12. The van der Waals surface area contributed by atoms with Gasteiger partial charge in [0.15, 0.2) is 0 Å². The van der Waals surface area contributed by atoms with E-state index in [-0.39, 0.29) is 5.56 Å². The maximum absolute atomic E-state index is 13.9. The standard InChI is InChI=1S/C15H21F2NO/c1-11(5-4-8-18-9-10-19-3)14-13(16)7-6-12(2)15(14)17/h5-7,18H,4,8-10H2,1-3H3/b11-5-. The molecule has 0 saturated carbocycles. The fourth-order valence-corrected chi connectivity index (χ4v) is 1.81. The zero-order valence-corrected chi connectivity index (χ0v) is 11.7. The molecule has 0 spiro atoms. The van der Waals surface area contributed by atoms with Crippen molar-refractivity contribution in [1.29, 1.82) is 0 Å². The van der Waals surface area contributed by atoms with Crippen molar-refractivity contribution < 1.29 is 13.5 Å². The Morgan fingerprint density at radius 1 is 1.32 bits per heavy atom. The molecular formula is C15H21F2NO. The van der Waals surface area contributed by atoms with E-state index >= 15 is 0 Å². The molecule has 0 aliphatic heterocycles. The maximum atomic E-state index is 13.9. The Labute approximate surface area is 113 Å². The van der Waals surface area contributed by atoms with Crippen LogP contribution >= 0.6 is 0 Å². The fraction of sp³-hybridized carbons (Fsp3) is 0.467. The molecule has 106 valence electrons. The van der Waals surface area contributed by atoms with Crippen LogP contribution in [0.25, 0.3) is 5.57 Å². The van der Waals surface area contributed by atoms with Gasteiger partial charge >= 0.3 is 0 Å². The first-order chi connectivity index (χ1) is 9.07. The SMILES string of the molecule is COCCNCC/C=C(/C)c1c(F)ccc(C)c1F. The van der Waals surface area contributed by atoms with Gasteiger partial charge in [-0.15, -0.1) is 0 Å². The van der Waals surface area contributed by atoms with E-state index in [1.54, 1.807) is 21.0 Å². The summed E-state index contributed by atoms with van der Waals surface area (Å²) in [5, 5.41) is 3.18. The van der Waals surface area contributed by atoms with Gasteiger partial charge in [0.1, 0.15) is 11.6 Å². The van der Waals surface area contributed by atoms with Gasteiger partial charge in [0.25, 0.3) is 0 Å². The molecule has 0 aliphatic rings. The van der Waals surface area contributed by atoms with Crippen molar-refractivity contribution in [3.8, 4) is 0 Å². The van der Waals surface area contributed by atoms with E-state index in [1.165, 1.54) is 12.1 Å². The molecular weight excluding hydrogens is 248 g/mol. The number of hydrogen-bond donors (Lipinski definition) is 1. The summed E-state index contributed by atoms with van der Waals surface area (Å²) in [4.78, 5) is 0. The maximum Gasteiger partial charge on any atom is 0.136 e. The second-order valence-corrected chi connectivity index (χ2v) is 4.47. The van der Waals surface area contributed by atoms with Crippen molar-refractivity contribution >= 4 is 5.57 Å². The third-order valence-corrected chi connectivity index (χ3v) is 2.93. The van der Waals surface area contributed by atoms with Crippen LogP contribution in [0.2, 0.25) is 0 Å². The van der Waals surface area contributed by atoms with Crippen LogP contribution in [0.4, 0.5) is 8.78 Å². The summed E-state index contributed by atoms with van der Waals surface area (Å²) in [6.45, 7) is 5.56. The number of benzene rings is 1. The van der Waals surface area contributed by atoms with Crippen LogP contribution < -0.4 is 5.32 Å². The van der Waals surface area contributed by atoms with Crippen LogP contribution in [0.1, 0.15) is 24.5 Å². The number of nitrogens with one attached hydrogen (secondary N) is 1. The van der Waals surface area contributed by atoms with Crippen LogP contribution in [-0.4, -0.2) is 26.8 Å². The van der Waals surface area contributed by atoms with Crippen molar-refractivity contribution in [2.75, 3.05) is 26.8 Å². The van der Waals surface area contributed by atoms with Gasteiger partial charge in [0, 0.05) is 19.2 Å². The van der Waals surface area contributed by atoms with E-state index < -0.39 is 11.6 Å². The minimum absolute atomic E-state index is 0.0805. The second-order valence-electron chi connectivity index (χ2n) is 4.47. The van der Waals surface area contributed by atoms with Gasteiger partial charge < -0.3 is 10.1 Å². The van der Waals surface area contributed by atoms with Crippen LogP contribution in [0.15, 0.2) is 18.2 Å². The largest absolute Gasteiger partial charge is 0.383 e. The van der Waals surface area contributed by atoms with E-state index in [0.717, 1.165) is 19.5 Å². The average molecular weight is 269 g/mol. The van der Waals surface area contributed by atoms with E-state index in [9.17, 15) is 8.78 Å². The summed E-state index contributed by atoms with van der Waals surface area (Å²) in [5.41, 5.74) is 1.17. The Bertz CT molecular complexity index is 444. The van der Waals surface area contributed by atoms with Gasteiger partial charge in [-0.1, -0.05) is 12.1 Å². The van der Waals surface area contributed by atoms with Crippen molar-refractivity contribution in [2.24, 2.45) is 0 Å². The minimum Gasteiger partial charge on any atom is -0.383 e. The summed E-state index contributed by atoms with van der Waals surface area (Å²) < 4.78 is 32.4. The van der Waals surface area contributed by atoms with Gasteiger partial charge in [-0.25, -0.2) is 8.78 Å².